The molecule has 0 fully saturated rings. The van der Waals surface area contributed by atoms with Gasteiger partial charge in [-0.05, 0) is 24.3 Å². The molecule has 25 heavy (non-hydrogen) atoms. The number of pyridine rings is 1. The molecule has 0 bridgehead atoms. The highest BCUT2D eigenvalue weighted by molar-refractivity contribution is 8.00. The second kappa shape index (κ2) is 8.98. The van der Waals surface area contributed by atoms with E-state index < -0.39 is 0 Å². The highest BCUT2D eigenvalue weighted by Gasteiger charge is 2.17. The fourth-order valence-electron chi connectivity index (χ4n) is 1.95. The molecule has 0 amide bonds. The highest BCUT2D eigenvalue weighted by atomic mass is 32.2. The molecule has 0 saturated heterocycles. The Labute approximate surface area is 154 Å². The van der Waals surface area contributed by atoms with E-state index in [4.69, 9.17) is 16.0 Å². The molecule has 2 rings (SSSR count). The molecule has 7 nitrogen and oxygen atoms in total. The second-order valence-corrected chi connectivity index (χ2v) is 6.08. The van der Waals surface area contributed by atoms with Gasteiger partial charge in [-0.25, -0.2) is 16.4 Å². The van der Waals surface area contributed by atoms with Gasteiger partial charge in [0.1, 0.15) is 22.7 Å². The van der Waals surface area contributed by atoms with E-state index in [1.165, 1.54) is 11.8 Å². The summed E-state index contributed by atoms with van der Waals surface area (Å²) < 4.78 is 5.45. The molecule has 2 aromatic rings. The Morgan fingerprint density at radius 2 is 2.40 bits per heavy atom. The van der Waals surface area contributed by atoms with Crippen LogP contribution < -0.4 is 17.1 Å². The van der Waals surface area contributed by atoms with Gasteiger partial charge in [0, 0.05) is 10.5 Å². The average Bonchev–Trinajstić information content (AvgIpc) is 3.14. The van der Waals surface area contributed by atoms with Gasteiger partial charge in [0.2, 0.25) is 0 Å². The number of nitrogens with two attached hydrogens (primary N) is 2. The Kier molecular flexibility index (Phi) is 6.71. The lowest BCUT2D eigenvalue weighted by Gasteiger charge is -2.10. The molecule has 2 aromatic heterocycles. The van der Waals surface area contributed by atoms with Gasteiger partial charge in [0.25, 0.3) is 0 Å². The van der Waals surface area contributed by atoms with Crippen LogP contribution in [-0.4, -0.2) is 16.6 Å². The number of hydrogen-bond acceptors (Lipinski definition) is 8. The van der Waals surface area contributed by atoms with Crippen molar-refractivity contribution in [3.05, 3.63) is 54.5 Å². The van der Waals surface area contributed by atoms with Gasteiger partial charge < -0.3 is 10.2 Å². The Morgan fingerprint density at radius 1 is 1.60 bits per heavy atom. The lowest BCUT2D eigenvalue weighted by molar-refractivity contribution is 0.582. The van der Waals surface area contributed by atoms with Crippen molar-refractivity contribution in [1.29, 1.82) is 5.26 Å². The smallest absolute Gasteiger partial charge is 0.135 e. The molecule has 0 unspecified atom stereocenters. The fraction of sp³-hybridized carbons (Fsp3) is 0.0625. The standard InChI is InChI=1S/C16H16N6OS2/c1-2-4-14(24)12-7-10(13-5-3-6-23-13)11(8-17)16(20-12)25-9-15(18)21-22-19/h2-7,22,24H,1,9,19H2,(H2,18,21)/b14-4-. The number of nitrogens with zero attached hydrogens (tertiary/aromatic N) is 3. The van der Waals surface area contributed by atoms with Gasteiger partial charge in [0.15, 0.2) is 0 Å². The van der Waals surface area contributed by atoms with Crippen LogP contribution in [0.2, 0.25) is 0 Å². The summed E-state index contributed by atoms with van der Waals surface area (Å²) in [6, 6.07) is 7.46. The molecule has 0 spiro atoms. The number of hydrazone groups is 1. The minimum atomic E-state index is 0.274. The van der Waals surface area contributed by atoms with Gasteiger partial charge in [-0.3, -0.25) is 0 Å². The number of nitriles is 1. The lowest BCUT2D eigenvalue weighted by Crippen LogP contribution is -2.23. The van der Waals surface area contributed by atoms with Crippen LogP contribution in [0.15, 0.2) is 57.7 Å². The third-order valence-corrected chi connectivity index (χ3v) is 4.37. The fourth-order valence-corrected chi connectivity index (χ4v) is 2.98. The van der Waals surface area contributed by atoms with E-state index in [1.807, 2.05) is 0 Å². The van der Waals surface area contributed by atoms with Crippen LogP contribution in [0.25, 0.3) is 16.2 Å². The number of allylic oxidation sites excluding steroid dienone is 2. The number of furan rings is 1. The number of rotatable bonds is 7. The van der Waals surface area contributed by atoms with Gasteiger partial charge >= 0.3 is 0 Å². The summed E-state index contributed by atoms with van der Waals surface area (Å²) in [6.07, 6.45) is 4.87. The predicted molar refractivity (Wildman–Crippen MR) is 103 cm³/mol. The minimum absolute atomic E-state index is 0.274. The molecule has 0 aliphatic heterocycles. The summed E-state index contributed by atoms with van der Waals surface area (Å²) in [5, 5.41) is 13.8. The van der Waals surface area contributed by atoms with E-state index in [0.717, 1.165) is 0 Å². The van der Waals surface area contributed by atoms with Gasteiger partial charge in [-0.15, -0.1) is 12.6 Å². The quantitative estimate of drug-likeness (QED) is 0.112. The third kappa shape index (κ3) is 4.67. The van der Waals surface area contributed by atoms with Gasteiger partial charge in [0.05, 0.1) is 23.3 Å². The van der Waals surface area contributed by atoms with Crippen molar-refractivity contribution in [2.45, 2.75) is 5.03 Å². The summed E-state index contributed by atoms with van der Waals surface area (Å²) in [5.41, 5.74) is 9.44. The maximum atomic E-state index is 9.61. The van der Waals surface area contributed by atoms with E-state index in [0.29, 0.717) is 38.3 Å². The van der Waals surface area contributed by atoms with Crippen LogP contribution in [0.1, 0.15) is 11.3 Å². The molecule has 128 valence electrons. The third-order valence-electron chi connectivity index (χ3n) is 2.99. The Morgan fingerprint density at radius 3 is 3.00 bits per heavy atom. The largest absolute Gasteiger partial charge is 0.464 e. The molecule has 0 aromatic carbocycles. The predicted octanol–water partition coefficient (Wildman–Crippen LogP) is 2.50. The highest BCUT2D eigenvalue weighted by Crippen LogP contribution is 2.33. The molecular formula is C16H16N6OS2. The molecular weight excluding hydrogens is 356 g/mol. The van der Waals surface area contributed by atoms with E-state index in [1.54, 1.807) is 36.6 Å². The maximum Gasteiger partial charge on any atom is 0.135 e. The summed E-state index contributed by atoms with van der Waals surface area (Å²) in [6.45, 7) is 3.65. The molecule has 0 saturated carbocycles. The number of thiol groups is 1. The first-order valence-corrected chi connectivity index (χ1v) is 8.45. The zero-order valence-electron chi connectivity index (χ0n) is 13.1. The van der Waals surface area contributed by atoms with Crippen LogP contribution in [0.5, 0.6) is 0 Å². The normalized spacial score (nSPS) is 11.9. The number of amidine groups is 1. The SMILES string of the molecule is C=C/C=C(\S)c1cc(-c2ccco2)c(C#N)c(SC/C(N)=N/NN)n1. The molecule has 2 heterocycles. The summed E-state index contributed by atoms with van der Waals surface area (Å²) in [4.78, 5) is 5.12. The van der Waals surface area contributed by atoms with E-state index in [-0.39, 0.29) is 5.84 Å². The molecule has 0 aliphatic carbocycles. The van der Waals surface area contributed by atoms with Gasteiger partial charge in [-0.1, -0.05) is 24.4 Å². The zero-order chi connectivity index (χ0) is 18.2. The van der Waals surface area contributed by atoms with Crippen molar-refractivity contribution >= 4 is 35.1 Å². The topological polar surface area (TPSA) is 126 Å². The minimum Gasteiger partial charge on any atom is -0.464 e. The van der Waals surface area contributed by atoms with E-state index >= 15 is 0 Å². The van der Waals surface area contributed by atoms with Crippen molar-refractivity contribution in [3.8, 4) is 17.4 Å². The van der Waals surface area contributed by atoms with Gasteiger partial charge in [-0.2, -0.15) is 10.4 Å². The summed E-state index contributed by atoms with van der Waals surface area (Å²) in [5.74, 6) is 6.25. The average molecular weight is 372 g/mol. The Balaban J connectivity index is 2.55. The zero-order valence-corrected chi connectivity index (χ0v) is 14.8. The first kappa shape index (κ1) is 18.7. The van der Waals surface area contributed by atoms with Crippen molar-refractivity contribution in [3.63, 3.8) is 0 Å². The van der Waals surface area contributed by atoms with Crippen LogP contribution in [0.3, 0.4) is 0 Å². The van der Waals surface area contributed by atoms with Crippen molar-refractivity contribution in [2.24, 2.45) is 16.7 Å². The molecule has 0 atom stereocenters. The van der Waals surface area contributed by atoms with Crippen LogP contribution in [-0.2, 0) is 0 Å². The van der Waals surface area contributed by atoms with Crippen LogP contribution in [0, 0.1) is 11.3 Å². The van der Waals surface area contributed by atoms with Crippen molar-refractivity contribution < 1.29 is 4.42 Å². The molecule has 9 heteroatoms. The molecule has 5 N–H and O–H groups in total. The Hall–Kier alpha value is -2.67. The second-order valence-electron chi connectivity index (χ2n) is 4.63. The van der Waals surface area contributed by atoms with Crippen LogP contribution in [0.4, 0.5) is 0 Å². The van der Waals surface area contributed by atoms with E-state index in [2.05, 4.69) is 40.9 Å². The maximum absolute atomic E-state index is 9.61. The Bertz CT molecular complexity index is 852. The number of nitrogens with one attached hydrogen (secondary N) is 1. The molecule has 0 radical (unpaired) electrons. The number of thioether (sulfide) groups is 1. The van der Waals surface area contributed by atoms with Crippen molar-refractivity contribution in [1.82, 2.24) is 10.5 Å². The van der Waals surface area contributed by atoms with Crippen LogP contribution >= 0.6 is 24.4 Å². The summed E-state index contributed by atoms with van der Waals surface area (Å²) >= 11 is 5.69. The monoisotopic (exact) mass is 372 g/mol. The first-order valence-electron chi connectivity index (χ1n) is 7.02. The first-order chi connectivity index (χ1) is 12.1. The number of aromatic nitrogens is 1. The summed E-state index contributed by atoms with van der Waals surface area (Å²) in [7, 11) is 0. The lowest BCUT2D eigenvalue weighted by atomic mass is 10.1. The number of hydrazine groups is 1. The molecule has 0 aliphatic rings. The number of hydrogen-bond donors (Lipinski definition) is 4. The van der Waals surface area contributed by atoms with E-state index in [9.17, 15) is 5.26 Å². The van der Waals surface area contributed by atoms with Crippen molar-refractivity contribution in [2.75, 3.05) is 5.75 Å².